The molecular formula is C10H11FN2O2. The first-order chi connectivity index (χ1) is 7.06. The van der Waals surface area contributed by atoms with Crippen molar-refractivity contribution in [2.45, 2.75) is 6.42 Å². The number of rotatable bonds is 4. The van der Waals surface area contributed by atoms with Gasteiger partial charge >= 0.3 is 5.69 Å². The average molecular weight is 210 g/mol. The minimum atomic E-state index is -0.851. The molecule has 0 aliphatic rings. The third-order valence-electron chi connectivity index (χ3n) is 2.00. The molecule has 0 unspecified atom stereocenters. The van der Waals surface area contributed by atoms with Crippen molar-refractivity contribution in [1.82, 2.24) is 0 Å². The molecule has 1 aromatic rings. The molecule has 5 heteroatoms. The van der Waals surface area contributed by atoms with Crippen LogP contribution in [0.2, 0.25) is 0 Å². The van der Waals surface area contributed by atoms with Gasteiger partial charge in [0.25, 0.3) is 0 Å². The first kappa shape index (κ1) is 11.3. The van der Waals surface area contributed by atoms with E-state index in [0.717, 1.165) is 12.1 Å². The van der Waals surface area contributed by atoms with Gasteiger partial charge in [-0.3, -0.25) is 10.1 Å². The van der Waals surface area contributed by atoms with Crippen LogP contribution in [-0.2, 0) is 0 Å². The summed E-state index contributed by atoms with van der Waals surface area (Å²) in [6.07, 6.45) is 0.539. The van der Waals surface area contributed by atoms with E-state index in [1.807, 2.05) is 0 Å². The van der Waals surface area contributed by atoms with E-state index in [-0.39, 0.29) is 0 Å². The number of nitrogens with two attached hydrogens (primary N) is 1. The summed E-state index contributed by atoms with van der Waals surface area (Å²) < 4.78 is 13.2. The zero-order valence-electron chi connectivity index (χ0n) is 8.07. The summed E-state index contributed by atoms with van der Waals surface area (Å²) in [4.78, 5) is 9.59. The van der Waals surface area contributed by atoms with Crippen molar-refractivity contribution >= 4 is 11.3 Å². The molecule has 2 N–H and O–H groups in total. The van der Waals surface area contributed by atoms with Gasteiger partial charge in [-0.2, -0.15) is 4.39 Å². The summed E-state index contributed by atoms with van der Waals surface area (Å²) in [5, 5.41) is 10.4. The fourth-order valence-corrected chi connectivity index (χ4v) is 1.19. The molecule has 0 bridgehead atoms. The number of hydrogen-bond donors (Lipinski definition) is 1. The van der Waals surface area contributed by atoms with Crippen molar-refractivity contribution in [3.8, 4) is 0 Å². The average Bonchev–Trinajstić information content (AvgIpc) is 2.17. The maximum atomic E-state index is 13.2. The molecular weight excluding hydrogens is 199 g/mol. The monoisotopic (exact) mass is 210 g/mol. The molecule has 0 spiro atoms. The van der Waals surface area contributed by atoms with Crippen molar-refractivity contribution in [2.24, 2.45) is 5.73 Å². The molecule has 0 radical (unpaired) electrons. The van der Waals surface area contributed by atoms with Gasteiger partial charge in [0.15, 0.2) is 0 Å². The molecule has 0 aliphatic carbocycles. The Morgan fingerprint density at radius 3 is 2.73 bits per heavy atom. The van der Waals surface area contributed by atoms with E-state index >= 15 is 0 Å². The van der Waals surface area contributed by atoms with Gasteiger partial charge in [0.05, 0.1) is 4.92 Å². The van der Waals surface area contributed by atoms with Crippen LogP contribution in [0.4, 0.5) is 10.1 Å². The van der Waals surface area contributed by atoms with Crippen LogP contribution >= 0.6 is 0 Å². The zero-order valence-corrected chi connectivity index (χ0v) is 8.07. The smallest absolute Gasteiger partial charge is 0.304 e. The number of nitro benzene ring substituents is 1. The highest BCUT2D eigenvalue weighted by Gasteiger charge is 2.14. The number of hydrogen-bond acceptors (Lipinski definition) is 3. The third kappa shape index (κ3) is 2.60. The maximum Gasteiger partial charge on any atom is 0.304 e. The van der Waals surface area contributed by atoms with Crippen molar-refractivity contribution in [1.29, 1.82) is 0 Å². The Morgan fingerprint density at radius 2 is 2.27 bits per heavy atom. The highest BCUT2D eigenvalue weighted by molar-refractivity contribution is 5.64. The molecule has 80 valence electrons. The predicted molar refractivity (Wildman–Crippen MR) is 55.8 cm³/mol. The molecule has 0 amide bonds. The highest BCUT2D eigenvalue weighted by Crippen LogP contribution is 2.22. The molecule has 4 nitrogen and oxygen atoms in total. The van der Waals surface area contributed by atoms with Crippen molar-refractivity contribution in [2.75, 3.05) is 6.54 Å². The fraction of sp³-hybridized carbons (Fsp3) is 0.200. The first-order valence-electron chi connectivity index (χ1n) is 4.38. The lowest BCUT2D eigenvalue weighted by Crippen LogP contribution is -2.00. The van der Waals surface area contributed by atoms with Gasteiger partial charge in [0.1, 0.15) is 0 Å². The SMILES string of the molecule is C=C(CCN)c1ccc([N+](=O)[O-])c(F)c1. The maximum absolute atomic E-state index is 13.2. The van der Waals surface area contributed by atoms with Gasteiger partial charge < -0.3 is 5.73 Å². The summed E-state index contributed by atoms with van der Waals surface area (Å²) in [6.45, 7) is 4.13. The molecule has 0 saturated carbocycles. The van der Waals surface area contributed by atoms with E-state index in [1.165, 1.54) is 6.07 Å². The van der Waals surface area contributed by atoms with Gasteiger partial charge in [-0.25, -0.2) is 0 Å². The lowest BCUT2D eigenvalue weighted by Gasteiger charge is -2.04. The van der Waals surface area contributed by atoms with Crippen LogP contribution in [0.1, 0.15) is 12.0 Å². The second-order valence-electron chi connectivity index (χ2n) is 3.07. The molecule has 0 aromatic heterocycles. The normalized spacial score (nSPS) is 10.0. The van der Waals surface area contributed by atoms with Crippen molar-refractivity contribution in [3.63, 3.8) is 0 Å². The van der Waals surface area contributed by atoms with Gasteiger partial charge in [-0.15, -0.1) is 0 Å². The molecule has 15 heavy (non-hydrogen) atoms. The summed E-state index contributed by atoms with van der Waals surface area (Å²) in [5.41, 5.74) is 6.01. The van der Waals surface area contributed by atoms with E-state index in [2.05, 4.69) is 6.58 Å². The highest BCUT2D eigenvalue weighted by atomic mass is 19.1. The largest absolute Gasteiger partial charge is 0.330 e. The molecule has 0 saturated heterocycles. The molecule has 1 rings (SSSR count). The van der Waals surface area contributed by atoms with E-state index in [4.69, 9.17) is 5.73 Å². The molecule has 1 aromatic carbocycles. The topological polar surface area (TPSA) is 69.2 Å². The molecule has 0 aliphatic heterocycles. The van der Waals surface area contributed by atoms with E-state index in [9.17, 15) is 14.5 Å². The van der Waals surface area contributed by atoms with Gasteiger partial charge in [0.2, 0.25) is 5.82 Å². The van der Waals surface area contributed by atoms with Crippen LogP contribution < -0.4 is 5.73 Å². The van der Waals surface area contributed by atoms with Crippen molar-refractivity contribution in [3.05, 3.63) is 46.3 Å². The number of nitro groups is 1. The molecule has 0 atom stereocenters. The minimum Gasteiger partial charge on any atom is -0.330 e. The van der Waals surface area contributed by atoms with Crippen molar-refractivity contribution < 1.29 is 9.31 Å². The van der Waals surface area contributed by atoms with Gasteiger partial charge in [-0.05, 0) is 36.2 Å². The predicted octanol–water partition coefficient (Wildman–Crippen LogP) is 2.10. The quantitative estimate of drug-likeness (QED) is 0.611. The Labute approximate surface area is 86.4 Å². The summed E-state index contributed by atoms with van der Waals surface area (Å²) in [6, 6.07) is 3.71. The van der Waals surface area contributed by atoms with Crippen LogP contribution in [0.25, 0.3) is 5.57 Å². The van der Waals surface area contributed by atoms with Gasteiger partial charge in [0, 0.05) is 6.07 Å². The van der Waals surface area contributed by atoms with E-state index < -0.39 is 16.4 Å². The Balaban J connectivity index is 3.01. The van der Waals surface area contributed by atoms with E-state index in [0.29, 0.717) is 24.1 Å². The molecule has 0 heterocycles. The van der Waals surface area contributed by atoms with Crippen LogP contribution in [-0.4, -0.2) is 11.5 Å². The van der Waals surface area contributed by atoms with Crippen LogP contribution in [0.15, 0.2) is 24.8 Å². The molecule has 0 fully saturated rings. The first-order valence-corrected chi connectivity index (χ1v) is 4.38. The summed E-state index contributed by atoms with van der Waals surface area (Å²) in [7, 11) is 0. The fourth-order valence-electron chi connectivity index (χ4n) is 1.19. The number of nitrogens with zero attached hydrogens (tertiary/aromatic N) is 1. The standard InChI is InChI=1S/C10H11FN2O2/c1-7(4-5-12)8-2-3-10(13(14)15)9(11)6-8/h2-3,6H,1,4-5,12H2. The second-order valence-corrected chi connectivity index (χ2v) is 3.07. The number of benzene rings is 1. The Bertz CT molecular complexity index is 404. The summed E-state index contributed by atoms with van der Waals surface area (Å²) >= 11 is 0. The van der Waals surface area contributed by atoms with Crippen LogP contribution in [0, 0.1) is 15.9 Å². The Kier molecular flexibility index (Phi) is 3.51. The van der Waals surface area contributed by atoms with Crippen LogP contribution in [0.3, 0.4) is 0 Å². The lowest BCUT2D eigenvalue weighted by atomic mass is 10.0. The van der Waals surface area contributed by atoms with Crippen LogP contribution in [0.5, 0.6) is 0 Å². The summed E-state index contributed by atoms with van der Waals surface area (Å²) in [5.74, 6) is -0.851. The minimum absolute atomic E-state index is 0.414. The third-order valence-corrected chi connectivity index (χ3v) is 2.00. The van der Waals surface area contributed by atoms with E-state index in [1.54, 1.807) is 0 Å². The lowest BCUT2D eigenvalue weighted by molar-refractivity contribution is -0.387. The van der Waals surface area contributed by atoms with Gasteiger partial charge in [-0.1, -0.05) is 6.58 Å². The second kappa shape index (κ2) is 4.65. The Hall–Kier alpha value is -1.75. The Morgan fingerprint density at radius 1 is 1.60 bits per heavy atom. The zero-order chi connectivity index (χ0) is 11.4. The number of halogens is 1.